The highest BCUT2D eigenvalue weighted by Crippen LogP contribution is 2.08. The van der Waals surface area contributed by atoms with Crippen LogP contribution in [0, 0.1) is 16.7 Å². The van der Waals surface area contributed by atoms with Gasteiger partial charge >= 0.3 is 0 Å². The van der Waals surface area contributed by atoms with E-state index in [2.05, 4.69) is 25.3 Å². The van der Waals surface area contributed by atoms with Crippen molar-refractivity contribution in [2.75, 3.05) is 0 Å². The zero-order valence-electron chi connectivity index (χ0n) is 5.55. The quantitative estimate of drug-likeness (QED) is 0.589. The zero-order chi connectivity index (χ0) is 8.27. The van der Waals surface area contributed by atoms with Crippen LogP contribution >= 0.6 is 0 Å². The number of nitrogens with zero attached hydrogens (tertiary/aromatic N) is 5. The third-order valence-corrected chi connectivity index (χ3v) is 0.887. The van der Waals surface area contributed by atoms with Gasteiger partial charge < -0.3 is 0 Å². The molecular formula is C4H3N5O2. The highest BCUT2D eigenvalue weighted by molar-refractivity contribution is 5.23. The van der Waals surface area contributed by atoms with E-state index in [0.717, 1.165) is 0 Å². The molecule has 0 spiro atoms. The lowest BCUT2D eigenvalue weighted by Gasteiger charge is -1.90. The fraction of sp³-hybridized carbons (Fsp3) is 0.250. The number of rotatable bonds is 2. The Morgan fingerprint density at radius 3 is 1.82 bits per heavy atom. The van der Waals surface area contributed by atoms with Crippen molar-refractivity contribution in [2.24, 2.45) is 10.4 Å². The van der Waals surface area contributed by atoms with Crippen LogP contribution < -0.4 is 0 Å². The average molecular weight is 153 g/mol. The molecule has 1 rings (SSSR count). The first-order valence-corrected chi connectivity index (χ1v) is 2.65. The second kappa shape index (κ2) is 2.86. The van der Waals surface area contributed by atoms with Gasteiger partial charge in [-0.3, -0.25) is 0 Å². The van der Waals surface area contributed by atoms with Crippen molar-refractivity contribution < 1.29 is 0 Å². The van der Waals surface area contributed by atoms with Crippen LogP contribution in [0.5, 0.6) is 0 Å². The second-order valence-corrected chi connectivity index (χ2v) is 1.67. The molecule has 0 amide bonds. The molecule has 0 saturated carbocycles. The van der Waals surface area contributed by atoms with Gasteiger partial charge in [-0.2, -0.15) is 15.0 Å². The summed E-state index contributed by atoms with van der Waals surface area (Å²) in [6.45, 7) is 1.50. The summed E-state index contributed by atoms with van der Waals surface area (Å²) in [5.41, 5.74) is 0. The van der Waals surface area contributed by atoms with Crippen molar-refractivity contribution in [1.29, 1.82) is 0 Å². The maximum absolute atomic E-state index is 9.88. The molecule has 0 fully saturated rings. The summed E-state index contributed by atoms with van der Waals surface area (Å²) in [6.07, 6.45) is 0. The monoisotopic (exact) mass is 153 g/mol. The van der Waals surface area contributed by atoms with Gasteiger partial charge in [0.25, 0.3) is 11.9 Å². The molecule has 11 heavy (non-hydrogen) atoms. The highest BCUT2D eigenvalue weighted by atomic mass is 16.3. The number of aryl methyl sites for hydroxylation is 1. The molecule has 1 heterocycles. The van der Waals surface area contributed by atoms with E-state index in [1.165, 1.54) is 6.92 Å². The number of hydrogen-bond acceptors (Lipinski definition) is 7. The first-order valence-electron chi connectivity index (χ1n) is 2.65. The predicted octanol–water partition coefficient (Wildman–Crippen LogP) is 0.976. The summed E-state index contributed by atoms with van der Waals surface area (Å²) in [7, 11) is 0. The average Bonchev–Trinajstić information content (AvgIpc) is 2.03. The molecule has 0 unspecified atom stereocenters. The third-order valence-electron chi connectivity index (χ3n) is 0.887. The van der Waals surface area contributed by atoms with E-state index in [0.29, 0.717) is 0 Å². The SMILES string of the molecule is Cc1nc(N=O)nc(N=O)n1. The summed E-state index contributed by atoms with van der Waals surface area (Å²) in [5.74, 6) is -0.414. The third kappa shape index (κ3) is 1.57. The van der Waals surface area contributed by atoms with E-state index in [9.17, 15) is 9.81 Å². The lowest BCUT2D eigenvalue weighted by Crippen LogP contribution is -1.89. The van der Waals surface area contributed by atoms with Crippen molar-refractivity contribution >= 4 is 11.9 Å². The van der Waals surface area contributed by atoms with Crippen molar-refractivity contribution in [3.63, 3.8) is 0 Å². The molecule has 7 heteroatoms. The first-order chi connectivity index (χ1) is 5.26. The number of nitroso groups, excluding NO2 is 2. The Bertz CT molecular complexity index is 272. The van der Waals surface area contributed by atoms with Crippen LogP contribution in [-0.2, 0) is 0 Å². The van der Waals surface area contributed by atoms with Crippen LogP contribution in [0.3, 0.4) is 0 Å². The van der Waals surface area contributed by atoms with E-state index in [-0.39, 0.29) is 17.7 Å². The minimum absolute atomic E-state index is 0.240. The van der Waals surface area contributed by atoms with Crippen molar-refractivity contribution in [3.05, 3.63) is 15.6 Å². The van der Waals surface area contributed by atoms with E-state index >= 15 is 0 Å². The van der Waals surface area contributed by atoms with Gasteiger partial charge in [0.05, 0.1) is 0 Å². The van der Waals surface area contributed by atoms with Crippen LogP contribution in [0.25, 0.3) is 0 Å². The lowest BCUT2D eigenvalue weighted by molar-refractivity contribution is 0.961. The molecule has 7 nitrogen and oxygen atoms in total. The smallest absolute Gasteiger partial charge is 0.193 e. The highest BCUT2D eigenvalue weighted by Gasteiger charge is 2.02. The Morgan fingerprint density at radius 2 is 1.45 bits per heavy atom. The molecule has 1 aromatic heterocycles. The van der Waals surface area contributed by atoms with Gasteiger partial charge in [0.2, 0.25) is 0 Å². The van der Waals surface area contributed by atoms with E-state index < -0.39 is 0 Å². The zero-order valence-corrected chi connectivity index (χ0v) is 5.55. The van der Waals surface area contributed by atoms with Crippen LogP contribution in [0.15, 0.2) is 10.4 Å². The molecule has 0 saturated heterocycles. The maximum atomic E-state index is 9.88. The topological polar surface area (TPSA) is 97.5 Å². The largest absolute Gasteiger partial charge is 0.296 e. The van der Waals surface area contributed by atoms with E-state index in [1.54, 1.807) is 0 Å². The van der Waals surface area contributed by atoms with Crippen molar-refractivity contribution in [2.45, 2.75) is 6.92 Å². The summed E-state index contributed by atoms with van der Waals surface area (Å²) < 4.78 is 0. The number of hydrogen-bond donors (Lipinski definition) is 0. The fourth-order valence-electron chi connectivity index (χ4n) is 0.536. The molecule has 0 aliphatic carbocycles. The first kappa shape index (κ1) is 7.32. The molecule has 56 valence electrons. The summed E-state index contributed by atoms with van der Waals surface area (Å²) in [4.78, 5) is 30.1. The van der Waals surface area contributed by atoms with Crippen LogP contribution in [0.4, 0.5) is 11.9 Å². The lowest BCUT2D eigenvalue weighted by atomic mass is 10.7. The molecule has 0 N–H and O–H groups in total. The van der Waals surface area contributed by atoms with E-state index in [1.807, 2.05) is 0 Å². The van der Waals surface area contributed by atoms with Crippen LogP contribution in [0.2, 0.25) is 0 Å². The Morgan fingerprint density at radius 1 is 1.00 bits per heavy atom. The van der Waals surface area contributed by atoms with Crippen LogP contribution in [0.1, 0.15) is 5.82 Å². The normalized spacial score (nSPS) is 9.18. The minimum Gasteiger partial charge on any atom is -0.193 e. The fourth-order valence-corrected chi connectivity index (χ4v) is 0.536. The van der Waals surface area contributed by atoms with Gasteiger partial charge in [0.1, 0.15) is 5.82 Å². The molecule has 1 aromatic rings. The van der Waals surface area contributed by atoms with Gasteiger partial charge in [-0.15, -0.1) is 9.81 Å². The van der Waals surface area contributed by atoms with Gasteiger partial charge in [-0.25, -0.2) is 0 Å². The Kier molecular flexibility index (Phi) is 1.90. The summed E-state index contributed by atoms with van der Waals surface area (Å²) >= 11 is 0. The Hall–Kier alpha value is -1.79. The molecule has 0 bridgehead atoms. The van der Waals surface area contributed by atoms with Crippen molar-refractivity contribution in [1.82, 2.24) is 15.0 Å². The van der Waals surface area contributed by atoms with Gasteiger partial charge in [0, 0.05) is 10.4 Å². The molecule has 0 aliphatic rings. The Balaban J connectivity index is 3.21. The van der Waals surface area contributed by atoms with E-state index in [4.69, 9.17) is 0 Å². The van der Waals surface area contributed by atoms with Crippen LogP contribution in [-0.4, -0.2) is 15.0 Å². The summed E-state index contributed by atoms with van der Waals surface area (Å²) in [6, 6.07) is 0. The number of aromatic nitrogens is 3. The standard InChI is InChI=1S/C4H3N5O2/c1-2-5-3(8-10)7-4(6-2)9-11/h1H3. The molecule has 0 atom stereocenters. The molecule has 0 aromatic carbocycles. The van der Waals surface area contributed by atoms with Crippen molar-refractivity contribution in [3.8, 4) is 0 Å². The Labute approximate surface area is 60.8 Å². The second-order valence-electron chi connectivity index (χ2n) is 1.67. The van der Waals surface area contributed by atoms with Gasteiger partial charge in [0.15, 0.2) is 0 Å². The summed E-state index contributed by atoms with van der Waals surface area (Å²) in [5, 5.41) is 4.86. The minimum atomic E-state index is -0.327. The predicted molar refractivity (Wildman–Crippen MR) is 35.5 cm³/mol. The molecular weight excluding hydrogens is 150 g/mol. The van der Waals surface area contributed by atoms with Gasteiger partial charge in [-0.1, -0.05) is 0 Å². The van der Waals surface area contributed by atoms with Gasteiger partial charge in [-0.05, 0) is 6.92 Å². The molecule has 0 radical (unpaired) electrons. The maximum Gasteiger partial charge on any atom is 0.296 e. The molecule has 0 aliphatic heterocycles.